The van der Waals surface area contributed by atoms with Crippen LogP contribution in [0.2, 0.25) is 5.02 Å². The molecule has 1 N–H and O–H groups in total. The Balaban J connectivity index is 2.33. The Kier molecular flexibility index (Phi) is 4.04. The number of hydrogen-bond donors (Lipinski definition) is 1. The predicted octanol–water partition coefficient (Wildman–Crippen LogP) is 4.59. The van der Waals surface area contributed by atoms with Gasteiger partial charge in [0.2, 0.25) is 5.88 Å². The second kappa shape index (κ2) is 5.58. The molecule has 0 aliphatic carbocycles. The van der Waals surface area contributed by atoms with E-state index in [-0.39, 0.29) is 11.7 Å². The maximum atomic E-state index is 12.7. The molecular weight excluding hydrogens is 293 g/mol. The number of rotatable bonds is 3. The van der Waals surface area contributed by atoms with Gasteiger partial charge in [0.05, 0.1) is 5.56 Å². The molecule has 7 heteroatoms. The molecule has 0 atom stereocenters. The van der Waals surface area contributed by atoms with E-state index in [9.17, 15) is 13.2 Å². The third kappa shape index (κ3) is 3.54. The van der Waals surface area contributed by atoms with Gasteiger partial charge in [-0.1, -0.05) is 11.6 Å². The Morgan fingerprint density at radius 3 is 2.35 bits per heavy atom. The largest absolute Gasteiger partial charge is 0.439 e. The summed E-state index contributed by atoms with van der Waals surface area (Å²) in [6.07, 6.45) is -4.47. The van der Waals surface area contributed by atoms with Crippen molar-refractivity contribution in [3.05, 3.63) is 47.0 Å². The first kappa shape index (κ1) is 14.5. The van der Waals surface area contributed by atoms with Crippen molar-refractivity contribution >= 4 is 17.4 Å². The Hall–Kier alpha value is -1.95. The number of alkyl halides is 3. The van der Waals surface area contributed by atoms with Gasteiger partial charge in [0, 0.05) is 18.1 Å². The summed E-state index contributed by atoms with van der Waals surface area (Å²) in [7, 11) is 1.48. The molecule has 0 aliphatic heterocycles. The smallest absolute Gasteiger partial charge is 0.416 e. The van der Waals surface area contributed by atoms with Crippen molar-refractivity contribution in [2.75, 3.05) is 12.4 Å². The fourth-order valence-electron chi connectivity index (χ4n) is 1.47. The second-order valence-corrected chi connectivity index (χ2v) is 4.32. The summed E-state index contributed by atoms with van der Waals surface area (Å²) >= 11 is 5.72. The molecule has 0 saturated heterocycles. The van der Waals surface area contributed by atoms with Crippen LogP contribution in [0.3, 0.4) is 0 Å². The number of nitrogens with one attached hydrogen (secondary N) is 1. The Bertz CT molecular complexity index is 600. The predicted molar refractivity (Wildman–Crippen MR) is 70.3 cm³/mol. The number of aromatic nitrogens is 1. The molecule has 0 saturated carbocycles. The first-order chi connectivity index (χ1) is 9.38. The molecule has 1 aromatic carbocycles. The molecule has 0 bridgehead atoms. The molecule has 0 radical (unpaired) electrons. The first-order valence-electron chi connectivity index (χ1n) is 5.59. The number of pyridine rings is 1. The van der Waals surface area contributed by atoms with Gasteiger partial charge in [-0.3, -0.25) is 0 Å². The molecule has 1 aromatic heterocycles. The number of hydrogen-bond acceptors (Lipinski definition) is 3. The lowest BCUT2D eigenvalue weighted by molar-refractivity contribution is -0.137. The fourth-order valence-corrected chi connectivity index (χ4v) is 1.60. The van der Waals surface area contributed by atoms with Crippen LogP contribution in [-0.2, 0) is 6.18 Å². The van der Waals surface area contributed by atoms with Crippen molar-refractivity contribution in [2.45, 2.75) is 6.18 Å². The Morgan fingerprint density at radius 2 is 1.80 bits per heavy atom. The second-order valence-electron chi connectivity index (χ2n) is 3.88. The van der Waals surface area contributed by atoms with Gasteiger partial charge < -0.3 is 10.1 Å². The lowest BCUT2D eigenvalue weighted by Crippen LogP contribution is -2.07. The average Bonchev–Trinajstić information content (AvgIpc) is 2.40. The molecule has 0 aliphatic rings. The minimum absolute atomic E-state index is 0.0730. The highest BCUT2D eigenvalue weighted by atomic mass is 35.5. The van der Waals surface area contributed by atoms with E-state index in [1.54, 1.807) is 24.3 Å². The van der Waals surface area contributed by atoms with Crippen LogP contribution in [0.25, 0.3) is 0 Å². The lowest BCUT2D eigenvalue weighted by atomic mass is 10.2. The number of nitrogens with zero attached hydrogens (tertiary/aromatic N) is 1. The Morgan fingerprint density at radius 1 is 1.15 bits per heavy atom. The normalized spacial score (nSPS) is 11.2. The van der Waals surface area contributed by atoms with Gasteiger partial charge in [0.1, 0.15) is 11.6 Å². The van der Waals surface area contributed by atoms with Crippen molar-refractivity contribution < 1.29 is 17.9 Å². The zero-order valence-corrected chi connectivity index (χ0v) is 11.1. The molecule has 0 unspecified atom stereocenters. The quantitative estimate of drug-likeness (QED) is 0.900. The van der Waals surface area contributed by atoms with E-state index in [1.807, 2.05) is 0 Å². The fraction of sp³-hybridized carbons (Fsp3) is 0.154. The summed E-state index contributed by atoms with van der Waals surface area (Å²) < 4.78 is 43.5. The van der Waals surface area contributed by atoms with Crippen LogP contribution >= 0.6 is 11.6 Å². The third-order valence-electron chi connectivity index (χ3n) is 2.42. The van der Waals surface area contributed by atoms with Crippen LogP contribution in [0.15, 0.2) is 36.4 Å². The summed E-state index contributed by atoms with van der Waals surface area (Å²) in [5.41, 5.74) is -0.833. The molecule has 0 fully saturated rings. The van der Waals surface area contributed by atoms with Crippen LogP contribution in [0.4, 0.5) is 19.0 Å². The summed E-state index contributed by atoms with van der Waals surface area (Å²) in [5.74, 6) is 0.276. The number of halogens is 4. The van der Waals surface area contributed by atoms with Crippen LogP contribution in [-0.4, -0.2) is 12.0 Å². The molecule has 106 valence electrons. The molecule has 20 heavy (non-hydrogen) atoms. The monoisotopic (exact) mass is 302 g/mol. The SMILES string of the molecule is CNc1cc(C(F)(F)F)cc(Oc2ccc(Cl)cc2)n1. The van der Waals surface area contributed by atoms with Gasteiger partial charge in [0.15, 0.2) is 0 Å². The van der Waals surface area contributed by atoms with Gasteiger partial charge in [-0.2, -0.15) is 18.2 Å². The van der Waals surface area contributed by atoms with Crippen molar-refractivity contribution in [1.82, 2.24) is 4.98 Å². The molecular formula is C13H10ClF3N2O. The zero-order chi connectivity index (χ0) is 14.8. The van der Waals surface area contributed by atoms with Crippen molar-refractivity contribution in [2.24, 2.45) is 0 Å². The van der Waals surface area contributed by atoms with Gasteiger partial charge >= 0.3 is 6.18 Å². The van der Waals surface area contributed by atoms with Gasteiger partial charge in [-0.05, 0) is 30.3 Å². The summed E-state index contributed by atoms with van der Waals surface area (Å²) in [4.78, 5) is 3.92. The van der Waals surface area contributed by atoms with E-state index in [2.05, 4.69) is 10.3 Å². The molecule has 2 aromatic rings. The molecule has 0 spiro atoms. The van der Waals surface area contributed by atoms with E-state index >= 15 is 0 Å². The highest BCUT2D eigenvalue weighted by Crippen LogP contribution is 2.33. The average molecular weight is 303 g/mol. The van der Waals surface area contributed by atoms with Crippen LogP contribution in [0.1, 0.15) is 5.56 Å². The van der Waals surface area contributed by atoms with E-state index in [0.29, 0.717) is 10.8 Å². The third-order valence-corrected chi connectivity index (χ3v) is 2.67. The van der Waals surface area contributed by atoms with Gasteiger partial charge in [-0.25, -0.2) is 0 Å². The van der Waals surface area contributed by atoms with Crippen LogP contribution in [0.5, 0.6) is 11.6 Å². The van der Waals surface area contributed by atoms with Crippen LogP contribution < -0.4 is 10.1 Å². The number of benzene rings is 1. The molecule has 2 rings (SSSR count). The topological polar surface area (TPSA) is 34.1 Å². The van der Waals surface area contributed by atoms with Crippen molar-refractivity contribution in [1.29, 1.82) is 0 Å². The summed E-state index contributed by atoms with van der Waals surface area (Å²) in [6, 6.07) is 7.99. The minimum atomic E-state index is -4.47. The standard InChI is InChI=1S/C13H10ClF3N2O/c1-18-11-6-8(13(15,16)17)7-12(19-11)20-10-4-2-9(14)3-5-10/h2-7H,1H3,(H,18,19). The van der Waals surface area contributed by atoms with E-state index < -0.39 is 11.7 Å². The van der Waals surface area contributed by atoms with Gasteiger partial charge in [-0.15, -0.1) is 0 Å². The molecule has 0 amide bonds. The highest BCUT2D eigenvalue weighted by molar-refractivity contribution is 6.30. The van der Waals surface area contributed by atoms with Crippen molar-refractivity contribution in [3.63, 3.8) is 0 Å². The summed E-state index contributed by atoms with van der Waals surface area (Å²) in [6.45, 7) is 0. The highest BCUT2D eigenvalue weighted by Gasteiger charge is 2.32. The first-order valence-corrected chi connectivity index (χ1v) is 5.97. The minimum Gasteiger partial charge on any atom is -0.439 e. The number of ether oxygens (including phenoxy) is 1. The van der Waals surface area contributed by atoms with E-state index in [4.69, 9.17) is 16.3 Å². The van der Waals surface area contributed by atoms with E-state index in [0.717, 1.165) is 12.1 Å². The number of anilines is 1. The van der Waals surface area contributed by atoms with Crippen LogP contribution in [0, 0.1) is 0 Å². The van der Waals surface area contributed by atoms with Gasteiger partial charge in [0.25, 0.3) is 0 Å². The molecule has 3 nitrogen and oxygen atoms in total. The summed E-state index contributed by atoms with van der Waals surface area (Å²) in [5, 5.41) is 3.07. The lowest BCUT2D eigenvalue weighted by Gasteiger charge is -2.11. The maximum Gasteiger partial charge on any atom is 0.416 e. The zero-order valence-electron chi connectivity index (χ0n) is 10.3. The maximum absolute atomic E-state index is 12.7. The van der Waals surface area contributed by atoms with E-state index in [1.165, 1.54) is 7.05 Å². The Labute approximate surface area is 118 Å². The van der Waals surface area contributed by atoms with Crippen molar-refractivity contribution in [3.8, 4) is 11.6 Å². The molecule has 1 heterocycles.